The molecule has 2 saturated heterocycles. The number of amides is 3. The molecule has 3 amide bonds. The first-order valence-corrected chi connectivity index (χ1v) is 9.60. The van der Waals surface area contributed by atoms with Gasteiger partial charge in [-0.1, -0.05) is 12.8 Å². The van der Waals surface area contributed by atoms with Crippen molar-refractivity contribution in [1.82, 2.24) is 15.1 Å². The lowest BCUT2D eigenvalue weighted by Gasteiger charge is -2.36. The van der Waals surface area contributed by atoms with E-state index in [9.17, 15) is 14.4 Å². The fourth-order valence-electron chi connectivity index (χ4n) is 4.22. The smallest absolute Gasteiger partial charge is 0.409 e. The van der Waals surface area contributed by atoms with Gasteiger partial charge in [-0.2, -0.15) is 0 Å². The molecule has 2 aliphatic heterocycles. The van der Waals surface area contributed by atoms with Crippen LogP contribution in [0.1, 0.15) is 51.9 Å². The average molecular weight is 351 g/mol. The van der Waals surface area contributed by atoms with Crippen molar-refractivity contribution in [2.75, 3.05) is 26.2 Å². The van der Waals surface area contributed by atoms with Crippen LogP contribution in [0.3, 0.4) is 0 Å². The molecule has 0 aromatic rings. The van der Waals surface area contributed by atoms with E-state index in [2.05, 4.69) is 5.32 Å². The number of nitrogens with zero attached hydrogens (tertiary/aromatic N) is 2. The lowest BCUT2D eigenvalue weighted by atomic mass is 10.0. The SMILES string of the molecule is CCOC(=O)N1CCC(N2CC(C(=O)NC3CCCC3)CC2=O)CC1. The zero-order valence-corrected chi connectivity index (χ0v) is 15.0. The molecule has 2 heterocycles. The molecule has 0 bridgehead atoms. The number of carbonyl (C=O) groups is 3. The number of carbonyl (C=O) groups excluding carboxylic acids is 3. The number of likely N-dealkylation sites (tertiary alicyclic amines) is 2. The van der Waals surface area contributed by atoms with E-state index in [-0.39, 0.29) is 29.9 Å². The standard InChI is InChI=1S/C18H29N3O4/c1-2-25-18(24)20-9-7-15(8-10-20)21-12-13(11-16(21)22)17(23)19-14-5-3-4-6-14/h13-15H,2-12H2,1H3,(H,19,23). The monoisotopic (exact) mass is 351 g/mol. The maximum Gasteiger partial charge on any atom is 0.409 e. The third kappa shape index (κ3) is 4.25. The normalized spacial score (nSPS) is 25.5. The summed E-state index contributed by atoms with van der Waals surface area (Å²) in [6, 6.07) is 0.423. The molecular weight excluding hydrogens is 322 g/mol. The van der Waals surface area contributed by atoms with Crippen LogP contribution in [-0.2, 0) is 14.3 Å². The Hall–Kier alpha value is -1.79. The number of nitrogens with one attached hydrogen (secondary N) is 1. The van der Waals surface area contributed by atoms with Crippen molar-refractivity contribution in [3.05, 3.63) is 0 Å². The van der Waals surface area contributed by atoms with Crippen LogP contribution in [0, 0.1) is 5.92 Å². The quantitative estimate of drug-likeness (QED) is 0.833. The van der Waals surface area contributed by atoms with Crippen LogP contribution in [0.25, 0.3) is 0 Å². The summed E-state index contributed by atoms with van der Waals surface area (Å²) in [6.45, 7) is 3.89. The molecule has 0 radical (unpaired) electrons. The molecule has 1 aliphatic carbocycles. The van der Waals surface area contributed by atoms with E-state index < -0.39 is 0 Å². The first kappa shape index (κ1) is 18.0. The van der Waals surface area contributed by atoms with Crippen molar-refractivity contribution >= 4 is 17.9 Å². The Bertz CT molecular complexity index is 510. The van der Waals surface area contributed by atoms with Gasteiger partial charge in [0.2, 0.25) is 11.8 Å². The Labute approximate surface area is 149 Å². The van der Waals surface area contributed by atoms with Gasteiger partial charge in [0, 0.05) is 38.1 Å². The fraction of sp³-hybridized carbons (Fsp3) is 0.833. The largest absolute Gasteiger partial charge is 0.450 e. The van der Waals surface area contributed by atoms with Crippen LogP contribution in [0.2, 0.25) is 0 Å². The predicted octanol–water partition coefficient (Wildman–Crippen LogP) is 1.51. The van der Waals surface area contributed by atoms with E-state index in [4.69, 9.17) is 4.74 Å². The van der Waals surface area contributed by atoms with Crippen LogP contribution in [-0.4, -0.2) is 66.0 Å². The lowest BCUT2D eigenvalue weighted by molar-refractivity contribution is -0.131. The maximum atomic E-state index is 12.4. The Morgan fingerprint density at radius 1 is 1.16 bits per heavy atom. The van der Waals surface area contributed by atoms with E-state index in [1.165, 1.54) is 12.8 Å². The summed E-state index contributed by atoms with van der Waals surface area (Å²) in [6.07, 6.45) is 6.02. The van der Waals surface area contributed by atoms with Gasteiger partial charge in [0.15, 0.2) is 0 Å². The van der Waals surface area contributed by atoms with Gasteiger partial charge < -0.3 is 19.9 Å². The Kier molecular flexibility index (Phi) is 5.81. The summed E-state index contributed by atoms with van der Waals surface area (Å²) in [5, 5.41) is 3.11. The molecule has 7 heteroatoms. The molecule has 7 nitrogen and oxygen atoms in total. The molecule has 1 atom stereocenters. The van der Waals surface area contributed by atoms with Crippen molar-refractivity contribution < 1.29 is 19.1 Å². The minimum absolute atomic E-state index is 0.0340. The molecule has 25 heavy (non-hydrogen) atoms. The molecule has 0 aromatic carbocycles. The second-order valence-electron chi connectivity index (χ2n) is 7.35. The number of piperidine rings is 1. The highest BCUT2D eigenvalue weighted by Gasteiger charge is 2.39. The first-order chi connectivity index (χ1) is 12.1. The molecule has 0 spiro atoms. The van der Waals surface area contributed by atoms with Crippen LogP contribution in [0.5, 0.6) is 0 Å². The van der Waals surface area contributed by atoms with Crippen molar-refractivity contribution in [2.24, 2.45) is 5.92 Å². The number of ether oxygens (including phenoxy) is 1. The van der Waals surface area contributed by atoms with Crippen molar-refractivity contribution in [3.8, 4) is 0 Å². The summed E-state index contributed by atoms with van der Waals surface area (Å²) in [5.41, 5.74) is 0. The highest BCUT2D eigenvalue weighted by molar-refractivity contribution is 5.89. The molecule has 1 N–H and O–H groups in total. The zero-order valence-electron chi connectivity index (χ0n) is 15.0. The minimum atomic E-state index is -0.275. The van der Waals surface area contributed by atoms with Gasteiger partial charge in [-0.25, -0.2) is 4.79 Å². The van der Waals surface area contributed by atoms with Gasteiger partial charge in [0.25, 0.3) is 0 Å². The highest BCUT2D eigenvalue weighted by Crippen LogP contribution is 2.27. The van der Waals surface area contributed by atoms with Crippen molar-refractivity contribution in [3.63, 3.8) is 0 Å². The van der Waals surface area contributed by atoms with Gasteiger partial charge in [-0.3, -0.25) is 9.59 Å². The van der Waals surface area contributed by atoms with E-state index in [1.54, 1.807) is 11.8 Å². The van der Waals surface area contributed by atoms with E-state index in [0.717, 1.165) is 25.7 Å². The van der Waals surface area contributed by atoms with Crippen LogP contribution in [0.15, 0.2) is 0 Å². The topological polar surface area (TPSA) is 79.0 Å². The third-order valence-electron chi connectivity index (χ3n) is 5.66. The zero-order chi connectivity index (χ0) is 17.8. The van der Waals surface area contributed by atoms with Gasteiger partial charge in [0.1, 0.15) is 0 Å². The summed E-state index contributed by atoms with van der Waals surface area (Å²) in [5.74, 6) is -0.121. The molecule has 3 fully saturated rings. The molecule has 1 unspecified atom stereocenters. The Morgan fingerprint density at radius 2 is 1.84 bits per heavy atom. The van der Waals surface area contributed by atoms with E-state index in [1.807, 2.05) is 4.90 Å². The summed E-state index contributed by atoms with van der Waals surface area (Å²) in [4.78, 5) is 40.1. The van der Waals surface area contributed by atoms with Crippen molar-refractivity contribution in [2.45, 2.75) is 64.0 Å². The Balaban J connectivity index is 1.48. The van der Waals surface area contributed by atoms with Gasteiger partial charge >= 0.3 is 6.09 Å². The van der Waals surface area contributed by atoms with Gasteiger partial charge in [-0.15, -0.1) is 0 Å². The first-order valence-electron chi connectivity index (χ1n) is 9.60. The predicted molar refractivity (Wildman–Crippen MR) is 91.8 cm³/mol. The molecule has 1 saturated carbocycles. The lowest BCUT2D eigenvalue weighted by Crippen LogP contribution is -2.47. The van der Waals surface area contributed by atoms with Crippen LogP contribution < -0.4 is 5.32 Å². The molecule has 3 rings (SSSR count). The van der Waals surface area contributed by atoms with E-state index in [0.29, 0.717) is 38.7 Å². The number of hydrogen-bond donors (Lipinski definition) is 1. The van der Waals surface area contributed by atoms with Crippen molar-refractivity contribution in [1.29, 1.82) is 0 Å². The highest BCUT2D eigenvalue weighted by atomic mass is 16.6. The third-order valence-corrected chi connectivity index (χ3v) is 5.66. The Morgan fingerprint density at radius 3 is 2.48 bits per heavy atom. The molecule has 3 aliphatic rings. The average Bonchev–Trinajstić information content (AvgIpc) is 3.25. The van der Waals surface area contributed by atoms with Gasteiger partial charge in [-0.05, 0) is 32.6 Å². The molecule has 140 valence electrons. The summed E-state index contributed by atoms with van der Waals surface area (Å²) >= 11 is 0. The molecule has 0 aromatic heterocycles. The second-order valence-corrected chi connectivity index (χ2v) is 7.35. The van der Waals surface area contributed by atoms with Gasteiger partial charge in [0.05, 0.1) is 12.5 Å². The number of hydrogen-bond acceptors (Lipinski definition) is 4. The van der Waals surface area contributed by atoms with Crippen LogP contribution in [0.4, 0.5) is 4.79 Å². The second kappa shape index (κ2) is 8.06. The number of rotatable bonds is 4. The summed E-state index contributed by atoms with van der Waals surface area (Å²) < 4.78 is 5.03. The maximum absolute atomic E-state index is 12.4. The van der Waals surface area contributed by atoms with Crippen LogP contribution >= 0.6 is 0 Å². The summed E-state index contributed by atoms with van der Waals surface area (Å²) in [7, 11) is 0. The fourth-order valence-corrected chi connectivity index (χ4v) is 4.22. The minimum Gasteiger partial charge on any atom is -0.450 e. The molecular formula is C18H29N3O4. The van der Waals surface area contributed by atoms with E-state index >= 15 is 0 Å².